The highest BCUT2D eigenvalue weighted by molar-refractivity contribution is 6.30. The molecule has 2 aromatic rings. The smallest absolute Gasteiger partial charge is 0.222 e. The van der Waals surface area contributed by atoms with Gasteiger partial charge in [0.2, 0.25) is 11.9 Å². The van der Waals surface area contributed by atoms with Crippen LogP contribution in [0.2, 0.25) is 5.02 Å². The van der Waals surface area contributed by atoms with E-state index in [1.165, 1.54) is 5.56 Å². The van der Waals surface area contributed by atoms with Crippen molar-refractivity contribution in [2.24, 2.45) is 0 Å². The molecule has 1 aromatic carbocycles. The van der Waals surface area contributed by atoms with Crippen LogP contribution in [0.5, 0.6) is 0 Å². The lowest BCUT2D eigenvalue weighted by Crippen LogP contribution is -2.26. The van der Waals surface area contributed by atoms with Crippen molar-refractivity contribution in [3.05, 3.63) is 53.3 Å². The molecule has 0 atom stereocenters. The lowest BCUT2D eigenvalue weighted by atomic mass is 10.1. The van der Waals surface area contributed by atoms with Crippen molar-refractivity contribution in [3.63, 3.8) is 0 Å². The van der Waals surface area contributed by atoms with Gasteiger partial charge in [-0.05, 0) is 36.6 Å². The monoisotopic (exact) mass is 318 g/mol. The quantitative estimate of drug-likeness (QED) is 0.734. The molecule has 0 bridgehead atoms. The molecule has 0 unspecified atom stereocenters. The van der Waals surface area contributed by atoms with Crippen molar-refractivity contribution < 1.29 is 4.79 Å². The SMILES string of the molecule is O=C(CCNc1ncccn1)NCCCc1ccc(Cl)cc1. The zero-order valence-electron chi connectivity index (χ0n) is 12.3. The second-order valence-electron chi connectivity index (χ2n) is 4.83. The van der Waals surface area contributed by atoms with Crippen LogP contribution in [-0.2, 0) is 11.2 Å². The Morgan fingerprint density at radius 1 is 1.09 bits per heavy atom. The molecule has 2 rings (SSSR count). The number of aryl methyl sites for hydroxylation is 1. The summed E-state index contributed by atoms with van der Waals surface area (Å²) in [6.07, 6.45) is 5.55. The lowest BCUT2D eigenvalue weighted by Gasteiger charge is -2.06. The number of hydrogen-bond acceptors (Lipinski definition) is 4. The van der Waals surface area contributed by atoms with E-state index >= 15 is 0 Å². The van der Waals surface area contributed by atoms with Crippen molar-refractivity contribution in [1.82, 2.24) is 15.3 Å². The maximum Gasteiger partial charge on any atom is 0.222 e. The summed E-state index contributed by atoms with van der Waals surface area (Å²) >= 11 is 5.84. The number of aromatic nitrogens is 2. The van der Waals surface area contributed by atoms with Gasteiger partial charge >= 0.3 is 0 Å². The van der Waals surface area contributed by atoms with Crippen LogP contribution in [0.3, 0.4) is 0 Å². The fourth-order valence-corrected chi connectivity index (χ4v) is 2.06. The van der Waals surface area contributed by atoms with Gasteiger partial charge in [-0.2, -0.15) is 0 Å². The maximum absolute atomic E-state index is 11.7. The Labute approximate surface area is 135 Å². The highest BCUT2D eigenvalue weighted by Crippen LogP contribution is 2.10. The Morgan fingerprint density at radius 3 is 2.55 bits per heavy atom. The van der Waals surface area contributed by atoms with Gasteiger partial charge in [0.05, 0.1) is 0 Å². The van der Waals surface area contributed by atoms with E-state index in [4.69, 9.17) is 11.6 Å². The second-order valence-corrected chi connectivity index (χ2v) is 5.27. The highest BCUT2D eigenvalue weighted by Gasteiger charge is 2.01. The molecule has 1 heterocycles. The van der Waals surface area contributed by atoms with Crippen LogP contribution in [0.4, 0.5) is 5.95 Å². The third-order valence-electron chi connectivity index (χ3n) is 3.08. The number of benzene rings is 1. The molecule has 0 spiro atoms. The number of halogens is 1. The molecule has 22 heavy (non-hydrogen) atoms. The number of amides is 1. The topological polar surface area (TPSA) is 66.9 Å². The van der Waals surface area contributed by atoms with Gasteiger partial charge in [-0.25, -0.2) is 9.97 Å². The van der Waals surface area contributed by atoms with Crippen LogP contribution in [0.25, 0.3) is 0 Å². The fraction of sp³-hybridized carbons (Fsp3) is 0.312. The minimum Gasteiger partial charge on any atom is -0.356 e. The van der Waals surface area contributed by atoms with Gasteiger partial charge in [-0.3, -0.25) is 4.79 Å². The number of nitrogens with zero attached hydrogens (tertiary/aromatic N) is 2. The zero-order valence-corrected chi connectivity index (χ0v) is 13.0. The number of rotatable bonds is 8. The number of carbonyl (C=O) groups excluding carboxylic acids is 1. The average molecular weight is 319 g/mol. The number of anilines is 1. The van der Waals surface area contributed by atoms with E-state index in [9.17, 15) is 4.79 Å². The molecule has 6 heteroatoms. The molecular formula is C16H19ClN4O. The van der Waals surface area contributed by atoms with Crippen LogP contribution in [-0.4, -0.2) is 29.0 Å². The van der Waals surface area contributed by atoms with Gasteiger partial charge in [-0.1, -0.05) is 23.7 Å². The third-order valence-corrected chi connectivity index (χ3v) is 3.33. The first-order chi connectivity index (χ1) is 10.7. The van der Waals surface area contributed by atoms with Crippen LogP contribution in [0.15, 0.2) is 42.7 Å². The standard InChI is InChI=1S/C16H19ClN4O/c17-14-6-4-13(5-7-14)3-1-9-18-15(22)8-12-21-16-19-10-2-11-20-16/h2,4-7,10-11H,1,3,8-9,12H2,(H,18,22)(H,19,20,21). The van der Waals surface area contributed by atoms with Gasteiger partial charge in [-0.15, -0.1) is 0 Å². The molecule has 0 saturated carbocycles. The maximum atomic E-state index is 11.7. The van der Waals surface area contributed by atoms with E-state index < -0.39 is 0 Å². The average Bonchev–Trinajstić information content (AvgIpc) is 2.54. The van der Waals surface area contributed by atoms with Crippen molar-refractivity contribution in [2.75, 3.05) is 18.4 Å². The molecule has 1 aromatic heterocycles. The van der Waals surface area contributed by atoms with Crippen LogP contribution in [0, 0.1) is 0 Å². The Kier molecular flexibility index (Phi) is 6.64. The van der Waals surface area contributed by atoms with E-state index in [0.717, 1.165) is 17.9 Å². The minimum atomic E-state index is 0.0273. The zero-order chi connectivity index (χ0) is 15.6. The van der Waals surface area contributed by atoms with Gasteiger partial charge in [0.15, 0.2) is 0 Å². The Hall–Kier alpha value is -2.14. The Balaban J connectivity index is 1.55. The molecule has 0 aliphatic carbocycles. The van der Waals surface area contributed by atoms with Crippen LogP contribution in [0.1, 0.15) is 18.4 Å². The first-order valence-corrected chi connectivity index (χ1v) is 7.64. The first-order valence-electron chi connectivity index (χ1n) is 7.26. The molecule has 0 saturated heterocycles. The predicted octanol–water partition coefficient (Wildman–Crippen LogP) is 2.68. The molecule has 0 aliphatic rings. The molecule has 0 aliphatic heterocycles. The Bertz CT molecular complexity index is 574. The van der Waals surface area contributed by atoms with Gasteiger partial charge in [0.25, 0.3) is 0 Å². The summed E-state index contributed by atoms with van der Waals surface area (Å²) in [4.78, 5) is 19.7. The number of carbonyl (C=O) groups is 1. The van der Waals surface area contributed by atoms with Crippen LogP contribution >= 0.6 is 11.6 Å². The first kappa shape index (κ1) is 16.2. The van der Waals surface area contributed by atoms with E-state index in [-0.39, 0.29) is 5.91 Å². The lowest BCUT2D eigenvalue weighted by molar-refractivity contribution is -0.120. The van der Waals surface area contributed by atoms with E-state index in [2.05, 4.69) is 20.6 Å². The number of hydrogen-bond donors (Lipinski definition) is 2. The van der Waals surface area contributed by atoms with E-state index in [1.54, 1.807) is 18.5 Å². The Morgan fingerprint density at radius 2 is 1.82 bits per heavy atom. The van der Waals surface area contributed by atoms with Crippen molar-refractivity contribution in [1.29, 1.82) is 0 Å². The summed E-state index contributed by atoms with van der Waals surface area (Å²) in [5.74, 6) is 0.567. The molecule has 116 valence electrons. The molecule has 0 fully saturated rings. The molecule has 1 amide bonds. The predicted molar refractivity (Wildman–Crippen MR) is 87.9 cm³/mol. The molecule has 0 radical (unpaired) electrons. The van der Waals surface area contributed by atoms with Crippen molar-refractivity contribution in [2.45, 2.75) is 19.3 Å². The van der Waals surface area contributed by atoms with E-state index in [0.29, 0.717) is 25.5 Å². The van der Waals surface area contributed by atoms with Gasteiger partial charge in [0.1, 0.15) is 0 Å². The van der Waals surface area contributed by atoms with Crippen molar-refractivity contribution in [3.8, 4) is 0 Å². The molecule has 5 nitrogen and oxygen atoms in total. The highest BCUT2D eigenvalue weighted by atomic mass is 35.5. The van der Waals surface area contributed by atoms with E-state index in [1.807, 2.05) is 24.3 Å². The number of nitrogens with one attached hydrogen (secondary N) is 2. The summed E-state index contributed by atoms with van der Waals surface area (Å²) in [5.41, 5.74) is 1.22. The van der Waals surface area contributed by atoms with Crippen LogP contribution < -0.4 is 10.6 Å². The second kappa shape index (κ2) is 9.00. The van der Waals surface area contributed by atoms with Gasteiger partial charge < -0.3 is 10.6 Å². The van der Waals surface area contributed by atoms with Crippen molar-refractivity contribution >= 4 is 23.5 Å². The normalized spacial score (nSPS) is 10.2. The summed E-state index contributed by atoms with van der Waals surface area (Å²) < 4.78 is 0. The summed E-state index contributed by atoms with van der Waals surface area (Å²) in [6.45, 7) is 1.19. The third kappa shape index (κ3) is 6.10. The molecular weight excluding hydrogens is 300 g/mol. The largest absolute Gasteiger partial charge is 0.356 e. The minimum absolute atomic E-state index is 0.0273. The fourth-order valence-electron chi connectivity index (χ4n) is 1.94. The summed E-state index contributed by atoms with van der Waals surface area (Å²) in [5, 5.41) is 6.65. The summed E-state index contributed by atoms with van der Waals surface area (Å²) in [7, 11) is 0. The summed E-state index contributed by atoms with van der Waals surface area (Å²) in [6, 6.07) is 9.53. The molecule has 2 N–H and O–H groups in total. The van der Waals surface area contributed by atoms with Gasteiger partial charge in [0, 0.05) is 36.9 Å².